The molecule has 3 amide bonds. The van der Waals surface area contributed by atoms with Crippen LogP contribution in [0.25, 0.3) is 0 Å². The number of nitrogens with two attached hydrogens (primary N) is 1. The van der Waals surface area contributed by atoms with E-state index in [1.54, 1.807) is 0 Å². The van der Waals surface area contributed by atoms with Crippen molar-refractivity contribution in [2.45, 2.75) is 25.6 Å². The average molecular weight is 1160 g/mol. The molecule has 0 saturated carbocycles. The van der Waals surface area contributed by atoms with Crippen LogP contribution in [0.15, 0.2) is 73.1 Å². The van der Waals surface area contributed by atoms with E-state index in [9.17, 15) is 71.9 Å². The Morgan fingerprint density at radius 2 is 0.961 bits per heavy atom. The molecule has 32 heteroatoms. The molecule has 0 spiro atoms. The molecule has 6 aromatic rings. The average Bonchev–Trinajstić information content (AvgIpc) is 3.47. The van der Waals surface area contributed by atoms with Gasteiger partial charge in [0.15, 0.2) is 23.0 Å². The van der Waals surface area contributed by atoms with E-state index in [1.807, 2.05) is 0 Å². The topological polar surface area (TPSA) is 209 Å². The number of halogens is 16. The lowest BCUT2D eigenvalue weighted by atomic mass is 10.1. The van der Waals surface area contributed by atoms with E-state index in [1.165, 1.54) is 0 Å². The summed E-state index contributed by atoms with van der Waals surface area (Å²) in [5.41, 5.74) is -1.54. The first-order valence-corrected chi connectivity index (χ1v) is 20.5. The fraction of sp³-hybridized carbons (Fsp3) is 0.156. The molecule has 0 bridgehead atoms. The number of esters is 1. The third-order valence-corrected chi connectivity index (χ3v) is 9.78. The molecule has 410 valence electrons. The lowest BCUT2D eigenvalue weighted by Crippen LogP contribution is -2.19. The number of benzene rings is 4. The van der Waals surface area contributed by atoms with E-state index in [2.05, 4.69) is 44.3 Å². The number of hydrogen-bond donors (Lipinski definition) is 3. The number of aromatic nitrogens is 2. The first kappa shape index (κ1) is 50.6. The summed E-state index contributed by atoms with van der Waals surface area (Å²) < 4.78 is 264. The van der Waals surface area contributed by atoms with Crippen LogP contribution in [0, 0.1) is 23.3 Å². The smallest absolute Gasteiger partial charge is 0.490 e. The van der Waals surface area contributed by atoms with E-state index in [0.717, 1.165) is 43.8 Å². The van der Waals surface area contributed by atoms with Crippen molar-refractivity contribution in [3.8, 4) is 46.0 Å². The minimum Gasteiger partial charge on any atom is -0.490 e. The molecular formula is C45H27Cl2F14N5O11. The predicted molar refractivity (Wildman–Crippen MR) is 236 cm³/mol. The van der Waals surface area contributed by atoms with Gasteiger partial charge in [0.25, 0.3) is 30.6 Å². The highest BCUT2D eigenvalue weighted by Gasteiger charge is 2.37. The van der Waals surface area contributed by atoms with Gasteiger partial charge >= 0.3 is 18.7 Å². The van der Waals surface area contributed by atoms with Crippen LogP contribution in [0.5, 0.6) is 46.0 Å². The van der Waals surface area contributed by atoms with Crippen molar-refractivity contribution in [3.05, 3.63) is 140 Å². The number of ether oxygens (including phenoxy) is 7. The molecule has 0 fully saturated rings. The van der Waals surface area contributed by atoms with Crippen molar-refractivity contribution in [1.29, 1.82) is 0 Å². The van der Waals surface area contributed by atoms with Crippen LogP contribution in [0.1, 0.15) is 73.9 Å². The Morgan fingerprint density at radius 1 is 0.584 bits per heavy atom. The Hall–Kier alpha value is -8.54. The zero-order valence-electron chi connectivity index (χ0n) is 43.1. The molecule has 0 unspecified atom stereocenters. The zero-order valence-corrected chi connectivity index (χ0v) is 38.6. The number of carbonyl (C=O) groups is 4. The summed E-state index contributed by atoms with van der Waals surface area (Å²) in [7, 11) is -5.95. The fourth-order valence-corrected chi connectivity index (χ4v) is 6.53. The van der Waals surface area contributed by atoms with E-state index in [0.29, 0.717) is 36.4 Å². The Balaban J connectivity index is 0.000000304. The van der Waals surface area contributed by atoms with Gasteiger partial charge < -0.3 is 49.5 Å². The van der Waals surface area contributed by atoms with Gasteiger partial charge in [-0.15, -0.1) is 26.3 Å². The van der Waals surface area contributed by atoms with Gasteiger partial charge in [0.05, 0.1) is 50.6 Å². The number of pyridine rings is 2. The predicted octanol–water partition coefficient (Wildman–Crippen LogP) is 12.7. The number of hydrogen-bond acceptors (Lipinski definition) is 13. The molecule has 6 rings (SSSR count). The molecule has 2 heterocycles. The lowest BCUT2D eigenvalue weighted by Gasteiger charge is -2.18. The number of rotatable bonds is 16. The quantitative estimate of drug-likeness (QED) is 0.0609. The maximum atomic E-state index is 15.3. The van der Waals surface area contributed by atoms with Gasteiger partial charge in [0.1, 0.15) is 45.6 Å². The number of anilines is 2. The van der Waals surface area contributed by atoms with Crippen LogP contribution in [-0.2, 0) is 4.74 Å². The molecule has 4 aromatic carbocycles. The lowest BCUT2D eigenvalue weighted by molar-refractivity contribution is -0.276. The van der Waals surface area contributed by atoms with Gasteiger partial charge in [-0.2, -0.15) is 8.78 Å². The maximum Gasteiger partial charge on any atom is 0.573 e. The van der Waals surface area contributed by atoms with Crippen molar-refractivity contribution < 1.29 is 122 Å². The molecule has 2 aromatic heterocycles. The Morgan fingerprint density at radius 3 is 1.31 bits per heavy atom. The summed E-state index contributed by atoms with van der Waals surface area (Å²) >= 11 is 11.5. The minimum atomic E-state index is -5.42. The molecular weight excluding hydrogens is 1120 g/mol. The Bertz CT molecular complexity index is 3480. The van der Waals surface area contributed by atoms with Gasteiger partial charge in [-0.3, -0.25) is 19.4 Å². The van der Waals surface area contributed by atoms with Gasteiger partial charge in [-0.1, -0.05) is 23.2 Å². The molecule has 0 aliphatic heterocycles. The summed E-state index contributed by atoms with van der Waals surface area (Å²) in [4.78, 5) is 56.5. The fourth-order valence-electron chi connectivity index (χ4n) is 6.00. The molecule has 16 nitrogen and oxygen atoms in total. The van der Waals surface area contributed by atoms with Crippen LogP contribution in [-0.4, -0.2) is 67.6 Å². The highest BCUT2D eigenvalue weighted by Crippen LogP contribution is 2.46. The van der Waals surface area contributed by atoms with Crippen molar-refractivity contribution in [1.82, 2.24) is 9.97 Å². The van der Waals surface area contributed by atoms with Crippen LogP contribution >= 0.6 is 23.2 Å². The van der Waals surface area contributed by atoms with Gasteiger partial charge in [-0.25, -0.2) is 36.1 Å². The number of nitrogens with zero attached hydrogens (tertiary/aromatic N) is 2. The number of methoxy groups -OCH3 is 3. The van der Waals surface area contributed by atoms with Crippen LogP contribution < -0.4 is 44.8 Å². The van der Waals surface area contributed by atoms with Crippen molar-refractivity contribution in [3.63, 3.8) is 0 Å². The van der Waals surface area contributed by atoms with Gasteiger partial charge in [0, 0.05) is 35.9 Å². The minimum absolute atomic E-state index is 0.222. The van der Waals surface area contributed by atoms with Crippen molar-refractivity contribution >= 4 is 58.3 Å². The van der Waals surface area contributed by atoms with Gasteiger partial charge in [-0.05, 0) is 48.5 Å². The highest BCUT2D eigenvalue weighted by molar-refractivity contribution is 6.32. The van der Waals surface area contributed by atoms with Crippen LogP contribution in [0.3, 0.4) is 0 Å². The second kappa shape index (κ2) is 24.4. The first-order chi connectivity index (χ1) is 38.3. The number of amides is 3. The second-order valence-corrected chi connectivity index (χ2v) is 14.9. The van der Waals surface area contributed by atoms with E-state index in [-0.39, 0.29) is 22.8 Å². The third-order valence-electron chi connectivity index (χ3n) is 9.15. The zero-order chi connectivity index (χ0) is 62.4. The third kappa shape index (κ3) is 14.4. The Kier molecular flexibility index (Phi) is 16.1. The van der Waals surface area contributed by atoms with Gasteiger partial charge in [0.2, 0.25) is 23.1 Å². The number of primary amides is 1. The van der Waals surface area contributed by atoms with Crippen molar-refractivity contribution in [2.24, 2.45) is 5.73 Å². The molecule has 0 aliphatic rings. The number of carbonyl (C=O) groups excluding carboxylic acids is 4. The summed E-state index contributed by atoms with van der Waals surface area (Å²) in [5.74, 6) is -23.2. The summed E-state index contributed by atoms with van der Waals surface area (Å²) in [6, 6.07) is 6.78. The normalized spacial score (nSPS) is 12.8. The maximum absolute atomic E-state index is 15.3. The number of nitrogens with one attached hydrogen (secondary N) is 2. The summed E-state index contributed by atoms with van der Waals surface area (Å²) in [5, 5.41) is 2.17. The largest absolute Gasteiger partial charge is 0.573 e. The van der Waals surface area contributed by atoms with E-state index < -0.39 is 165 Å². The first-order valence-electron chi connectivity index (χ1n) is 22.7. The second-order valence-electron chi connectivity index (χ2n) is 14.1. The molecule has 77 heavy (non-hydrogen) atoms. The Labute approximate surface area is 438 Å². The highest BCUT2D eigenvalue weighted by atomic mass is 35.5. The number of alkyl halides is 10. The van der Waals surface area contributed by atoms with Crippen LogP contribution in [0.4, 0.5) is 72.8 Å². The monoisotopic (exact) mass is 1160 g/mol. The molecule has 0 aliphatic carbocycles. The molecule has 0 radical (unpaired) electrons. The summed E-state index contributed by atoms with van der Waals surface area (Å²) in [6.07, 6.45) is -15.9. The van der Waals surface area contributed by atoms with E-state index in [4.69, 9.17) is 46.6 Å². The molecule has 4 N–H and O–H groups in total. The summed E-state index contributed by atoms with van der Waals surface area (Å²) in [6.45, 7) is 0. The SMILES string of the molecule is [2H]C([2H])([2H])Oc1c(Oc2cc(Cl)c(C(F)F)c(F)c2C(=O)Nc2ccnc(C(=O)OC)c2)ccc(OC(F)(F)F)c1F.[2H]C([2H])([2H])Oc1c(Oc2cc(Cl)c(C(F)F)c(F)c2C(=O)Nc2ccnc(C(N)=O)c2)ccc(OC(F)(F)F)c1F. The molecule has 0 saturated heterocycles. The van der Waals surface area contributed by atoms with Crippen LogP contribution in [0.2, 0.25) is 10.0 Å². The van der Waals surface area contributed by atoms with E-state index >= 15 is 8.78 Å². The molecule has 0 atom stereocenters. The standard InChI is InChI=1S/C23H14ClF7N2O6.C22H13ClF7N3O5/c1-36-19-13(4-3-12(17(19)25)39-23(29,30)31)38-14-8-10(24)15(20(27)28)18(26)16(14)21(34)33-9-5-6-32-11(7-9)22(35)37-2;1-36-18-12(3-2-11(16(18)24)38-22(28,29)30)37-13-7-9(23)14(19(26)27)17(25)15(13)21(35)33-8-4-5-32-10(6-8)20(31)34/h3-8,20H,1-2H3,(H,32,33,34);2-7,19H,1H3,(H2,31,34)(H,32,33,35)/i2*1D3. The van der Waals surface area contributed by atoms with Crippen molar-refractivity contribution in [2.75, 3.05) is 31.8 Å².